The molecule has 18 heavy (non-hydrogen) atoms. The van der Waals surface area contributed by atoms with E-state index < -0.39 is 17.8 Å². The molecular formula is C11H8Cl2N2O3. The van der Waals surface area contributed by atoms with Crippen molar-refractivity contribution in [3.63, 3.8) is 0 Å². The number of rotatable bonds is 1. The van der Waals surface area contributed by atoms with E-state index in [1.165, 1.54) is 25.2 Å². The third-order valence-corrected chi connectivity index (χ3v) is 3.30. The highest BCUT2D eigenvalue weighted by Gasteiger charge is 2.36. The molecular weight excluding hydrogens is 279 g/mol. The summed E-state index contributed by atoms with van der Waals surface area (Å²) < 4.78 is 0. The van der Waals surface area contributed by atoms with Crippen molar-refractivity contribution in [2.45, 2.75) is 6.42 Å². The molecule has 0 saturated carbocycles. The molecule has 0 N–H and O–H groups in total. The second kappa shape index (κ2) is 4.59. The summed E-state index contributed by atoms with van der Waals surface area (Å²) in [5, 5.41) is 0.552. The van der Waals surface area contributed by atoms with Gasteiger partial charge in [0.25, 0.3) is 0 Å². The summed E-state index contributed by atoms with van der Waals surface area (Å²) in [5.74, 6) is -1.11. The fourth-order valence-corrected chi connectivity index (χ4v) is 1.86. The smallest absolute Gasteiger partial charge is 0.274 e. The van der Waals surface area contributed by atoms with Crippen molar-refractivity contribution in [1.82, 2.24) is 4.90 Å². The lowest BCUT2D eigenvalue weighted by Gasteiger charge is -2.30. The highest BCUT2D eigenvalue weighted by molar-refractivity contribution is 6.42. The van der Waals surface area contributed by atoms with Crippen LogP contribution in [0.3, 0.4) is 0 Å². The zero-order valence-corrected chi connectivity index (χ0v) is 10.8. The van der Waals surface area contributed by atoms with Crippen molar-refractivity contribution < 1.29 is 14.4 Å². The van der Waals surface area contributed by atoms with E-state index in [1.54, 1.807) is 0 Å². The summed E-state index contributed by atoms with van der Waals surface area (Å²) in [6, 6.07) is 3.68. The number of hydrogen-bond acceptors (Lipinski definition) is 3. The zero-order valence-electron chi connectivity index (χ0n) is 9.31. The molecule has 0 spiro atoms. The third-order valence-electron chi connectivity index (χ3n) is 2.57. The Morgan fingerprint density at radius 1 is 1.06 bits per heavy atom. The number of anilines is 1. The molecule has 7 heteroatoms. The summed E-state index contributed by atoms with van der Waals surface area (Å²) >= 11 is 11.6. The standard InChI is InChI=1S/C11H8Cl2N2O3/c1-14-9(16)5-10(17)15(11(14)18)6-2-3-7(12)8(13)4-6/h2-4H,5H2,1H3. The van der Waals surface area contributed by atoms with Crippen LogP contribution in [0.4, 0.5) is 10.5 Å². The van der Waals surface area contributed by atoms with Crippen molar-refractivity contribution in [2.75, 3.05) is 11.9 Å². The molecule has 1 heterocycles. The van der Waals surface area contributed by atoms with E-state index >= 15 is 0 Å². The van der Waals surface area contributed by atoms with Crippen LogP contribution >= 0.6 is 23.2 Å². The second-order valence-corrected chi connectivity index (χ2v) is 4.55. The van der Waals surface area contributed by atoms with Gasteiger partial charge in [0.2, 0.25) is 11.8 Å². The SMILES string of the molecule is CN1C(=O)CC(=O)N(c2ccc(Cl)c(Cl)c2)C1=O. The average molecular weight is 287 g/mol. The summed E-state index contributed by atoms with van der Waals surface area (Å²) in [6.07, 6.45) is -0.345. The van der Waals surface area contributed by atoms with Gasteiger partial charge in [-0.3, -0.25) is 14.5 Å². The first-order chi connectivity index (χ1) is 8.41. The molecule has 1 aromatic rings. The van der Waals surface area contributed by atoms with E-state index in [4.69, 9.17) is 23.2 Å². The molecule has 0 radical (unpaired) electrons. The summed E-state index contributed by atoms with van der Waals surface area (Å²) in [6.45, 7) is 0. The number of carbonyl (C=O) groups is 3. The van der Waals surface area contributed by atoms with Gasteiger partial charge in [0.15, 0.2) is 0 Å². The molecule has 2 rings (SSSR count). The minimum atomic E-state index is -0.699. The average Bonchev–Trinajstić information content (AvgIpc) is 2.31. The number of hydrogen-bond donors (Lipinski definition) is 0. The molecule has 0 aliphatic carbocycles. The molecule has 1 aliphatic rings. The Balaban J connectivity index is 2.42. The minimum absolute atomic E-state index is 0.231. The molecule has 5 nitrogen and oxygen atoms in total. The number of halogens is 2. The van der Waals surface area contributed by atoms with E-state index in [1.807, 2.05) is 0 Å². The fourth-order valence-electron chi connectivity index (χ4n) is 1.57. The van der Waals surface area contributed by atoms with Crippen molar-refractivity contribution in [3.05, 3.63) is 28.2 Å². The van der Waals surface area contributed by atoms with Crippen LogP contribution in [0.15, 0.2) is 18.2 Å². The Bertz CT molecular complexity index is 559. The van der Waals surface area contributed by atoms with Gasteiger partial charge in [-0.2, -0.15) is 0 Å². The number of urea groups is 1. The Morgan fingerprint density at radius 3 is 2.33 bits per heavy atom. The highest BCUT2D eigenvalue weighted by Crippen LogP contribution is 2.29. The molecule has 1 fully saturated rings. The molecule has 1 aromatic carbocycles. The molecule has 0 atom stereocenters. The summed E-state index contributed by atoms with van der Waals surface area (Å²) in [5.41, 5.74) is 0.291. The summed E-state index contributed by atoms with van der Waals surface area (Å²) in [7, 11) is 1.32. The van der Waals surface area contributed by atoms with Gasteiger partial charge < -0.3 is 0 Å². The first-order valence-corrected chi connectivity index (χ1v) is 5.76. The van der Waals surface area contributed by atoms with Gasteiger partial charge in [0.1, 0.15) is 6.42 Å². The lowest BCUT2D eigenvalue weighted by molar-refractivity contribution is -0.133. The minimum Gasteiger partial charge on any atom is -0.274 e. The molecule has 1 saturated heterocycles. The monoisotopic (exact) mass is 286 g/mol. The molecule has 0 aromatic heterocycles. The van der Waals surface area contributed by atoms with Gasteiger partial charge in [-0.05, 0) is 18.2 Å². The van der Waals surface area contributed by atoms with Crippen molar-refractivity contribution >= 4 is 46.7 Å². The molecule has 94 valence electrons. The van der Waals surface area contributed by atoms with Gasteiger partial charge in [-0.15, -0.1) is 0 Å². The van der Waals surface area contributed by atoms with E-state index in [2.05, 4.69) is 0 Å². The third kappa shape index (κ3) is 2.07. The first-order valence-electron chi connectivity index (χ1n) is 5.00. The number of nitrogens with zero attached hydrogens (tertiary/aromatic N) is 2. The van der Waals surface area contributed by atoms with Gasteiger partial charge >= 0.3 is 6.03 Å². The second-order valence-electron chi connectivity index (χ2n) is 3.74. The van der Waals surface area contributed by atoms with E-state index in [0.29, 0.717) is 10.7 Å². The largest absolute Gasteiger partial charge is 0.337 e. The molecule has 1 aliphatic heterocycles. The van der Waals surface area contributed by atoms with Gasteiger partial charge in [0, 0.05) is 7.05 Å². The Kier molecular flexibility index (Phi) is 3.28. The quantitative estimate of drug-likeness (QED) is 0.745. The lowest BCUT2D eigenvalue weighted by Crippen LogP contribution is -2.53. The number of benzene rings is 1. The van der Waals surface area contributed by atoms with Gasteiger partial charge in [-0.25, -0.2) is 9.69 Å². The maximum absolute atomic E-state index is 11.9. The summed E-state index contributed by atoms with van der Waals surface area (Å²) in [4.78, 5) is 36.7. The molecule has 0 unspecified atom stereocenters. The van der Waals surface area contributed by atoms with Crippen molar-refractivity contribution in [3.8, 4) is 0 Å². The maximum Gasteiger partial charge on any atom is 0.337 e. The predicted molar refractivity (Wildman–Crippen MR) is 66.7 cm³/mol. The Labute approximate surface area is 113 Å². The zero-order chi connectivity index (χ0) is 13.4. The number of amides is 4. The number of imide groups is 2. The van der Waals surface area contributed by atoms with E-state index in [-0.39, 0.29) is 11.4 Å². The lowest BCUT2D eigenvalue weighted by atomic mass is 10.2. The molecule has 0 bridgehead atoms. The van der Waals surface area contributed by atoms with Crippen LogP contribution in [0.5, 0.6) is 0 Å². The van der Waals surface area contributed by atoms with Crippen LogP contribution in [-0.4, -0.2) is 29.8 Å². The highest BCUT2D eigenvalue weighted by atomic mass is 35.5. The van der Waals surface area contributed by atoms with Crippen LogP contribution < -0.4 is 4.90 Å². The van der Waals surface area contributed by atoms with Crippen molar-refractivity contribution in [1.29, 1.82) is 0 Å². The predicted octanol–water partition coefficient (Wildman–Crippen LogP) is 2.31. The van der Waals surface area contributed by atoms with E-state index in [0.717, 1.165) is 9.80 Å². The molecule has 4 amide bonds. The first kappa shape index (κ1) is 12.9. The Hall–Kier alpha value is -1.59. The number of barbiturate groups is 1. The maximum atomic E-state index is 11.9. The van der Waals surface area contributed by atoms with Crippen LogP contribution in [0, 0.1) is 0 Å². The number of carbonyl (C=O) groups excluding carboxylic acids is 3. The van der Waals surface area contributed by atoms with E-state index in [9.17, 15) is 14.4 Å². The van der Waals surface area contributed by atoms with Crippen LogP contribution in [0.2, 0.25) is 10.0 Å². The van der Waals surface area contributed by atoms with Crippen molar-refractivity contribution in [2.24, 2.45) is 0 Å². The van der Waals surface area contributed by atoms with Crippen LogP contribution in [0.25, 0.3) is 0 Å². The van der Waals surface area contributed by atoms with Gasteiger partial charge in [0.05, 0.1) is 15.7 Å². The fraction of sp³-hybridized carbons (Fsp3) is 0.182. The topological polar surface area (TPSA) is 57.7 Å². The van der Waals surface area contributed by atoms with Gasteiger partial charge in [-0.1, -0.05) is 23.2 Å². The normalized spacial score (nSPS) is 16.5. The van der Waals surface area contributed by atoms with Crippen LogP contribution in [-0.2, 0) is 9.59 Å². The van der Waals surface area contributed by atoms with Crippen LogP contribution in [0.1, 0.15) is 6.42 Å². The Morgan fingerprint density at radius 2 is 1.72 bits per heavy atom.